The molecule has 0 bridgehead atoms. The van der Waals surface area contributed by atoms with Crippen molar-refractivity contribution in [3.05, 3.63) is 63.6 Å². The molecular formula is C16H13BrN2O2. The Morgan fingerprint density at radius 3 is 2.62 bits per heavy atom. The number of nitriles is 1. The van der Waals surface area contributed by atoms with Gasteiger partial charge in [0.25, 0.3) is 0 Å². The highest BCUT2D eigenvalue weighted by molar-refractivity contribution is 9.10. The van der Waals surface area contributed by atoms with E-state index in [-0.39, 0.29) is 6.42 Å². The Balaban J connectivity index is 2.17. The van der Waals surface area contributed by atoms with Crippen LogP contribution in [-0.4, -0.2) is 11.1 Å². The van der Waals surface area contributed by atoms with Gasteiger partial charge in [0.15, 0.2) is 0 Å². The number of rotatable bonds is 5. The molecule has 0 saturated carbocycles. The summed E-state index contributed by atoms with van der Waals surface area (Å²) in [4.78, 5) is 10.9. The van der Waals surface area contributed by atoms with Gasteiger partial charge in [0.05, 0.1) is 17.7 Å². The first kappa shape index (κ1) is 15.1. The second-order valence-electron chi connectivity index (χ2n) is 4.49. The number of benzene rings is 2. The van der Waals surface area contributed by atoms with Crippen molar-refractivity contribution >= 4 is 27.6 Å². The number of nitrogens with one attached hydrogen (secondary N) is 1. The molecule has 0 radical (unpaired) electrons. The second-order valence-corrected chi connectivity index (χ2v) is 5.41. The molecule has 0 aliphatic rings. The average molecular weight is 345 g/mol. The van der Waals surface area contributed by atoms with E-state index < -0.39 is 5.97 Å². The highest BCUT2D eigenvalue weighted by Gasteiger charge is 2.07. The van der Waals surface area contributed by atoms with Gasteiger partial charge < -0.3 is 10.4 Å². The van der Waals surface area contributed by atoms with Crippen LogP contribution in [0.25, 0.3) is 0 Å². The zero-order valence-electron chi connectivity index (χ0n) is 11.1. The lowest BCUT2D eigenvalue weighted by molar-refractivity contribution is -0.136. The maximum atomic E-state index is 10.9. The van der Waals surface area contributed by atoms with E-state index >= 15 is 0 Å². The standard InChI is InChI=1S/C16H13BrN2O2/c17-14-5-6-15(13(7-14)9-18)19-10-12-4-2-1-3-11(12)8-16(20)21/h1-7,19H,8,10H2,(H,20,21). The topological polar surface area (TPSA) is 73.1 Å². The lowest BCUT2D eigenvalue weighted by Crippen LogP contribution is -2.07. The maximum Gasteiger partial charge on any atom is 0.307 e. The highest BCUT2D eigenvalue weighted by Crippen LogP contribution is 2.21. The molecule has 2 aromatic carbocycles. The number of carboxylic acid groups (broad SMARTS) is 1. The maximum absolute atomic E-state index is 10.9. The number of carbonyl (C=O) groups is 1. The van der Waals surface area contributed by atoms with Crippen LogP contribution in [0.4, 0.5) is 5.69 Å². The van der Waals surface area contributed by atoms with Crippen LogP contribution in [0.1, 0.15) is 16.7 Å². The molecule has 0 heterocycles. The Morgan fingerprint density at radius 2 is 1.95 bits per heavy atom. The average Bonchev–Trinajstić information content (AvgIpc) is 2.46. The molecule has 0 aliphatic heterocycles. The summed E-state index contributed by atoms with van der Waals surface area (Å²) in [7, 11) is 0. The van der Waals surface area contributed by atoms with Gasteiger partial charge in [-0.2, -0.15) is 5.26 Å². The molecule has 106 valence electrons. The van der Waals surface area contributed by atoms with E-state index in [0.29, 0.717) is 12.1 Å². The van der Waals surface area contributed by atoms with Crippen molar-refractivity contribution in [1.29, 1.82) is 5.26 Å². The minimum atomic E-state index is -0.858. The van der Waals surface area contributed by atoms with Crippen molar-refractivity contribution < 1.29 is 9.90 Å². The van der Waals surface area contributed by atoms with Crippen molar-refractivity contribution in [2.75, 3.05) is 5.32 Å². The molecule has 0 unspecified atom stereocenters. The van der Waals surface area contributed by atoms with Crippen LogP contribution < -0.4 is 5.32 Å². The minimum absolute atomic E-state index is 0.0106. The third-order valence-electron chi connectivity index (χ3n) is 3.03. The Morgan fingerprint density at radius 1 is 1.24 bits per heavy atom. The molecule has 0 fully saturated rings. The Kier molecular flexibility index (Phi) is 4.96. The smallest absolute Gasteiger partial charge is 0.307 e. The fraction of sp³-hybridized carbons (Fsp3) is 0.125. The SMILES string of the molecule is N#Cc1cc(Br)ccc1NCc1ccccc1CC(=O)O. The van der Waals surface area contributed by atoms with Gasteiger partial charge in [0.2, 0.25) is 0 Å². The van der Waals surface area contributed by atoms with Crippen LogP contribution in [0.5, 0.6) is 0 Å². The zero-order chi connectivity index (χ0) is 15.2. The number of halogens is 1. The third kappa shape index (κ3) is 4.07. The number of hydrogen-bond donors (Lipinski definition) is 2. The van der Waals surface area contributed by atoms with Gasteiger partial charge >= 0.3 is 5.97 Å². The van der Waals surface area contributed by atoms with E-state index in [1.807, 2.05) is 30.3 Å². The Labute approximate surface area is 131 Å². The Hall–Kier alpha value is -2.32. The summed E-state index contributed by atoms with van der Waals surface area (Å²) < 4.78 is 0.843. The Bertz CT molecular complexity index is 708. The molecule has 2 rings (SSSR count). The summed E-state index contributed by atoms with van der Waals surface area (Å²) in [6.45, 7) is 0.472. The first-order chi connectivity index (χ1) is 10.1. The summed E-state index contributed by atoms with van der Waals surface area (Å²) in [5.74, 6) is -0.858. The van der Waals surface area contributed by atoms with Gasteiger partial charge in [-0.05, 0) is 29.3 Å². The van der Waals surface area contributed by atoms with E-state index in [4.69, 9.17) is 10.4 Å². The van der Waals surface area contributed by atoms with Gasteiger partial charge in [-0.15, -0.1) is 0 Å². The molecule has 5 heteroatoms. The number of anilines is 1. The predicted molar refractivity (Wildman–Crippen MR) is 84.0 cm³/mol. The van der Waals surface area contributed by atoms with Gasteiger partial charge in [-0.1, -0.05) is 40.2 Å². The number of carboxylic acids is 1. The fourth-order valence-corrected chi connectivity index (χ4v) is 2.38. The molecule has 0 saturated heterocycles. The minimum Gasteiger partial charge on any atom is -0.481 e. The van der Waals surface area contributed by atoms with Crippen molar-refractivity contribution in [3.63, 3.8) is 0 Å². The fourth-order valence-electron chi connectivity index (χ4n) is 2.02. The van der Waals surface area contributed by atoms with Gasteiger partial charge in [0.1, 0.15) is 6.07 Å². The van der Waals surface area contributed by atoms with Crippen molar-refractivity contribution in [2.45, 2.75) is 13.0 Å². The summed E-state index contributed by atoms with van der Waals surface area (Å²) in [6, 6.07) is 14.9. The van der Waals surface area contributed by atoms with E-state index in [2.05, 4.69) is 27.3 Å². The van der Waals surface area contributed by atoms with Crippen LogP contribution in [0.2, 0.25) is 0 Å². The quantitative estimate of drug-likeness (QED) is 0.869. The van der Waals surface area contributed by atoms with E-state index in [9.17, 15) is 4.79 Å². The van der Waals surface area contributed by atoms with Crippen molar-refractivity contribution in [1.82, 2.24) is 0 Å². The molecule has 0 atom stereocenters. The van der Waals surface area contributed by atoms with Crippen LogP contribution in [0, 0.1) is 11.3 Å². The lowest BCUT2D eigenvalue weighted by atomic mass is 10.0. The lowest BCUT2D eigenvalue weighted by Gasteiger charge is -2.11. The van der Waals surface area contributed by atoms with Gasteiger partial charge in [-0.25, -0.2) is 0 Å². The predicted octanol–water partition coefficient (Wildman–Crippen LogP) is 3.56. The van der Waals surface area contributed by atoms with Gasteiger partial charge in [-0.3, -0.25) is 4.79 Å². The van der Waals surface area contributed by atoms with Gasteiger partial charge in [0, 0.05) is 11.0 Å². The van der Waals surface area contributed by atoms with E-state index in [1.54, 1.807) is 12.1 Å². The second kappa shape index (κ2) is 6.91. The molecule has 0 aromatic heterocycles. The molecule has 21 heavy (non-hydrogen) atoms. The summed E-state index contributed by atoms with van der Waals surface area (Å²) >= 11 is 3.33. The highest BCUT2D eigenvalue weighted by atomic mass is 79.9. The normalized spacial score (nSPS) is 9.90. The summed E-state index contributed by atoms with van der Waals surface area (Å²) in [5, 5.41) is 21.2. The number of nitrogens with zero attached hydrogens (tertiary/aromatic N) is 1. The summed E-state index contributed by atoms with van der Waals surface area (Å²) in [5.41, 5.74) is 2.95. The largest absolute Gasteiger partial charge is 0.481 e. The van der Waals surface area contributed by atoms with E-state index in [1.165, 1.54) is 0 Å². The molecular weight excluding hydrogens is 332 g/mol. The third-order valence-corrected chi connectivity index (χ3v) is 3.52. The zero-order valence-corrected chi connectivity index (χ0v) is 12.7. The molecule has 2 aromatic rings. The first-order valence-corrected chi connectivity index (χ1v) is 7.11. The number of hydrogen-bond acceptors (Lipinski definition) is 3. The van der Waals surface area contributed by atoms with E-state index in [0.717, 1.165) is 21.3 Å². The molecule has 2 N–H and O–H groups in total. The molecule has 4 nitrogen and oxygen atoms in total. The van der Waals surface area contributed by atoms with Crippen LogP contribution in [-0.2, 0) is 17.8 Å². The number of aliphatic carboxylic acids is 1. The van der Waals surface area contributed by atoms with Crippen LogP contribution >= 0.6 is 15.9 Å². The molecule has 0 spiro atoms. The van der Waals surface area contributed by atoms with Crippen molar-refractivity contribution in [2.24, 2.45) is 0 Å². The first-order valence-electron chi connectivity index (χ1n) is 6.32. The monoisotopic (exact) mass is 344 g/mol. The summed E-state index contributed by atoms with van der Waals surface area (Å²) in [6.07, 6.45) is -0.0106. The molecule has 0 amide bonds. The van der Waals surface area contributed by atoms with Crippen LogP contribution in [0.15, 0.2) is 46.9 Å². The van der Waals surface area contributed by atoms with Crippen LogP contribution in [0.3, 0.4) is 0 Å². The molecule has 0 aliphatic carbocycles. The van der Waals surface area contributed by atoms with Crippen molar-refractivity contribution in [3.8, 4) is 6.07 Å².